The fourth-order valence-electron chi connectivity index (χ4n) is 4.55. The number of benzene rings is 2. The maximum absolute atomic E-state index is 12.9. The largest absolute Gasteiger partial charge is 0.347 e. The van der Waals surface area contributed by atoms with Crippen LogP contribution in [0.1, 0.15) is 5.56 Å². The van der Waals surface area contributed by atoms with Crippen molar-refractivity contribution in [3.05, 3.63) is 66.4 Å². The van der Waals surface area contributed by atoms with Crippen LogP contribution in [0.2, 0.25) is 0 Å². The second-order valence-electron chi connectivity index (χ2n) is 8.40. The standard InChI is InChI=1S/C23H25N3O3S2/c1-16-8-10-19(11-9-16)31(27,28)29-22-20-15-26(14-18(20)13-25(22)2)23-24-12-21(30-23)17-6-4-3-5-7-17/h3-12,18,20,22H,13-15H2,1-2H3. The number of hydrogen-bond donors (Lipinski definition) is 0. The maximum Gasteiger partial charge on any atom is 0.298 e. The maximum atomic E-state index is 12.9. The third-order valence-electron chi connectivity index (χ3n) is 6.17. The molecule has 3 heterocycles. The summed E-state index contributed by atoms with van der Waals surface area (Å²) in [6, 6.07) is 17.0. The molecule has 6 nitrogen and oxygen atoms in total. The van der Waals surface area contributed by atoms with Crippen LogP contribution in [0.25, 0.3) is 10.4 Å². The van der Waals surface area contributed by atoms with Crippen LogP contribution in [0.3, 0.4) is 0 Å². The van der Waals surface area contributed by atoms with Crippen molar-refractivity contribution in [1.29, 1.82) is 0 Å². The second-order valence-corrected chi connectivity index (χ2v) is 11.0. The van der Waals surface area contributed by atoms with E-state index in [-0.39, 0.29) is 10.8 Å². The van der Waals surface area contributed by atoms with Crippen LogP contribution in [0.5, 0.6) is 0 Å². The van der Waals surface area contributed by atoms with E-state index in [9.17, 15) is 8.42 Å². The fraction of sp³-hybridized carbons (Fsp3) is 0.348. The van der Waals surface area contributed by atoms with Crippen LogP contribution < -0.4 is 4.90 Å². The predicted octanol–water partition coefficient (Wildman–Crippen LogP) is 3.85. The molecular formula is C23H25N3O3S2. The molecule has 0 aliphatic carbocycles. The van der Waals surface area contributed by atoms with Gasteiger partial charge in [-0.15, -0.1) is 0 Å². The Hall–Kier alpha value is -2.26. The van der Waals surface area contributed by atoms with Gasteiger partial charge >= 0.3 is 0 Å². The molecule has 0 spiro atoms. The predicted molar refractivity (Wildman–Crippen MR) is 123 cm³/mol. The zero-order valence-electron chi connectivity index (χ0n) is 17.5. The van der Waals surface area contributed by atoms with Crippen LogP contribution in [-0.2, 0) is 14.3 Å². The third kappa shape index (κ3) is 4.01. The molecule has 2 saturated heterocycles. The lowest BCUT2D eigenvalue weighted by molar-refractivity contribution is 0.0569. The van der Waals surface area contributed by atoms with E-state index >= 15 is 0 Å². The summed E-state index contributed by atoms with van der Waals surface area (Å²) in [4.78, 5) is 10.3. The number of aromatic nitrogens is 1. The number of aryl methyl sites for hydroxylation is 1. The first kappa shape index (κ1) is 20.6. The Kier molecular flexibility index (Phi) is 5.34. The Morgan fingerprint density at radius 1 is 1.03 bits per heavy atom. The summed E-state index contributed by atoms with van der Waals surface area (Å²) in [7, 11) is -1.88. The summed E-state index contributed by atoms with van der Waals surface area (Å²) in [5, 5.41) is 0.982. The molecule has 8 heteroatoms. The van der Waals surface area contributed by atoms with Crippen molar-refractivity contribution in [1.82, 2.24) is 9.88 Å². The number of anilines is 1. The number of fused-ring (bicyclic) bond motifs is 1. The lowest BCUT2D eigenvalue weighted by Gasteiger charge is -2.25. The van der Waals surface area contributed by atoms with Crippen molar-refractivity contribution in [2.75, 3.05) is 31.6 Å². The summed E-state index contributed by atoms with van der Waals surface area (Å²) in [5.41, 5.74) is 2.18. The molecule has 3 unspecified atom stereocenters. The topological polar surface area (TPSA) is 62.7 Å². The van der Waals surface area contributed by atoms with Crippen molar-refractivity contribution in [3.63, 3.8) is 0 Å². The van der Waals surface area contributed by atoms with E-state index in [1.165, 1.54) is 0 Å². The molecule has 0 bridgehead atoms. The Morgan fingerprint density at radius 2 is 1.77 bits per heavy atom. The smallest absolute Gasteiger partial charge is 0.298 e. The zero-order chi connectivity index (χ0) is 21.6. The lowest BCUT2D eigenvalue weighted by atomic mass is 10.00. The SMILES string of the molecule is Cc1ccc(S(=O)(=O)OC2C3CN(c4ncc(-c5ccccc5)s4)CC3CN2C)cc1. The van der Waals surface area contributed by atoms with E-state index in [0.29, 0.717) is 5.92 Å². The minimum Gasteiger partial charge on any atom is -0.347 e. The normalized spacial score (nSPS) is 23.9. The summed E-state index contributed by atoms with van der Waals surface area (Å²) in [5.74, 6) is 0.474. The quantitative estimate of drug-likeness (QED) is 0.545. The Labute approximate surface area is 187 Å². The Bertz CT molecular complexity index is 1160. The van der Waals surface area contributed by atoms with Crippen molar-refractivity contribution < 1.29 is 12.6 Å². The van der Waals surface area contributed by atoms with Gasteiger partial charge in [0.2, 0.25) is 0 Å². The zero-order valence-corrected chi connectivity index (χ0v) is 19.1. The molecule has 2 aliphatic heterocycles. The van der Waals surface area contributed by atoms with E-state index < -0.39 is 16.3 Å². The van der Waals surface area contributed by atoms with E-state index in [0.717, 1.165) is 40.8 Å². The monoisotopic (exact) mass is 455 g/mol. The highest BCUT2D eigenvalue weighted by molar-refractivity contribution is 7.86. The molecule has 162 valence electrons. The highest BCUT2D eigenvalue weighted by atomic mass is 32.2. The average Bonchev–Trinajstić information content (AvgIpc) is 3.46. The minimum absolute atomic E-state index is 0.120. The molecule has 2 aliphatic rings. The number of likely N-dealkylation sites (tertiary alicyclic amines) is 1. The van der Waals surface area contributed by atoms with Gasteiger partial charge in [-0.2, -0.15) is 8.42 Å². The van der Waals surface area contributed by atoms with Gasteiger partial charge in [-0.25, -0.2) is 9.17 Å². The van der Waals surface area contributed by atoms with Crippen molar-refractivity contribution >= 4 is 26.6 Å². The molecule has 0 N–H and O–H groups in total. The van der Waals surface area contributed by atoms with E-state index in [1.807, 2.05) is 43.3 Å². The van der Waals surface area contributed by atoms with Gasteiger partial charge in [0, 0.05) is 31.7 Å². The van der Waals surface area contributed by atoms with Crippen molar-refractivity contribution in [2.24, 2.45) is 11.8 Å². The second kappa shape index (κ2) is 8.02. The van der Waals surface area contributed by atoms with Crippen molar-refractivity contribution in [3.8, 4) is 10.4 Å². The highest BCUT2D eigenvalue weighted by Gasteiger charge is 2.48. The third-order valence-corrected chi connectivity index (χ3v) is 8.58. The van der Waals surface area contributed by atoms with Gasteiger partial charge in [-0.05, 0) is 37.6 Å². The summed E-state index contributed by atoms with van der Waals surface area (Å²) in [6.07, 6.45) is 1.46. The van der Waals surface area contributed by atoms with Gasteiger partial charge in [0.15, 0.2) is 5.13 Å². The molecule has 0 saturated carbocycles. The number of hydrogen-bond acceptors (Lipinski definition) is 7. The molecular weight excluding hydrogens is 430 g/mol. The molecule has 1 aromatic heterocycles. The Morgan fingerprint density at radius 3 is 2.52 bits per heavy atom. The van der Waals surface area contributed by atoms with E-state index in [1.54, 1.807) is 35.6 Å². The molecule has 31 heavy (non-hydrogen) atoms. The van der Waals surface area contributed by atoms with Crippen LogP contribution in [0.4, 0.5) is 5.13 Å². The van der Waals surface area contributed by atoms with Crippen LogP contribution >= 0.6 is 11.3 Å². The van der Waals surface area contributed by atoms with Gasteiger partial charge < -0.3 is 4.90 Å². The summed E-state index contributed by atoms with van der Waals surface area (Å²) < 4.78 is 31.5. The van der Waals surface area contributed by atoms with Gasteiger partial charge in [0.25, 0.3) is 10.1 Å². The number of rotatable bonds is 5. The lowest BCUT2D eigenvalue weighted by Crippen LogP contribution is -2.37. The molecule has 2 aromatic carbocycles. The molecule has 5 rings (SSSR count). The van der Waals surface area contributed by atoms with Gasteiger partial charge in [-0.3, -0.25) is 4.90 Å². The van der Waals surface area contributed by atoms with Crippen molar-refractivity contribution in [2.45, 2.75) is 18.0 Å². The first-order valence-electron chi connectivity index (χ1n) is 10.4. The van der Waals surface area contributed by atoms with Gasteiger partial charge in [-0.1, -0.05) is 59.4 Å². The first-order chi connectivity index (χ1) is 14.9. The van der Waals surface area contributed by atoms with E-state index in [4.69, 9.17) is 4.18 Å². The summed E-state index contributed by atoms with van der Waals surface area (Å²) in [6.45, 7) is 4.35. The molecule has 3 atom stereocenters. The number of thiazole rings is 1. The molecule has 3 aromatic rings. The van der Waals surface area contributed by atoms with Crippen LogP contribution in [-0.4, -0.2) is 51.2 Å². The van der Waals surface area contributed by atoms with Gasteiger partial charge in [0.05, 0.1) is 9.77 Å². The Balaban J connectivity index is 1.32. The summed E-state index contributed by atoms with van der Waals surface area (Å²) >= 11 is 1.68. The van der Waals surface area contributed by atoms with Crippen LogP contribution in [0, 0.1) is 18.8 Å². The molecule has 2 fully saturated rings. The average molecular weight is 456 g/mol. The first-order valence-corrected chi connectivity index (χ1v) is 12.6. The number of nitrogens with zero attached hydrogens (tertiary/aromatic N) is 3. The highest BCUT2D eigenvalue weighted by Crippen LogP contribution is 2.41. The van der Waals surface area contributed by atoms with Gasteiger partial charge in [0.1, 0.15) is 6.23 Å². The molecule has 0 amide bonds. The molecule has 0 radical (unpaired) electrons. The minimum atomic E-state index is -3.82. The fourth-order valence-corrected chi connectivity index (χ4v) is 6.62. The van der Waals surface area contributed by atoms with Crippen LogP contribution in [0.15, 0.2) is 65.7 Å². The van der Waals surface area contributed by atoms with E-state index in [2.05, 4.69) is 22.0 Å².